The van der Waals surface area contributed by atoms with Gasteiger partial charge in [-0.15, -0.1) is 0 Å². The normalized spacial score (nSPS) is 17.2. The first-order valence-corrected chi connectivity index (χ1v) is 22.7. The van der Waals surface area contributed by atoms with E-state index in [2.05, 4.69) is 44.8 Å². The standard InChI is InChI=1S/C52H54FN7O7/c1-52(2,65)46(57-50(63)66-3)49(62)59-26-8-14-44(59)47-55-42-25-18-33(28-43(42)56-47)30-58(36-23-19-34(53)20-24-36)29-32-16-21-35(22-17-32)54-48(61)45-15-9-27-60(45)51(64)67-31-41-39-12-6-4-10-37(39)38-11-5-7-13-40(38)41/h4-7,10-13,16-25,28,41,44-46,65H,8-9,14-15,26-27,29-31H2,1-3H3,(H,54,61)(H,55,56)(H,57,63)/t44-,45?,46+/m0/s1. The first-order chi connectivity index (χ1) is 32.3. The number of imidazole rings is 1. The average Bonchev–Trinajstić information content (AvgIpc) is 4.15. The number of methoxy groups -OCH3 is 1. The molecule has 2 saturated heterocycles. The minimum absolute atomic E-state index is 0.0775. The summed E-state index contributed by atoms with van der Waals surface area (Å²) in [4.78, 5) is 66.6. The van der Waals surface area contributed by atoms with E-state index in [1.165, 1.54) is 38.0 Å². The molecule has 3 heterocycles. The lowest BCUT2D eigenvalue weighted by atomic mass is 9.97. The molecule has 1 aliphatic carbocycles. The van der Waals surface area contributed by atoms with Gasteiger partial charge in [0.2, 0.25) is 11.8 Å². The summed E-state index contributed by atoms with van der Waals surface area (Å²) < 4.78 is 24.8. The van der Waals surface area contributed by atoms with E-state index in [1.54, 1.807) is 17.0 Å². The fourth-order valence-electron chi connectivity index (χ4n) is 9.72. The number of fused-ring (bicyclic) bond motifs is 4. The number of carbonyl (C=O) groups excluding carboxylic acids is 4. The Kier molecular flexibility index (Phi) is 12.7. The van der Waals surface area contributed by atoms with Crippen LogP contribution in [0.4, 0.5) is 25.4 Å². The number of rotatable bonds is 13. The number of likely N-dealkylation sites (tertiary alicyclic amines) is 2. The van der Waals surface area contributed by atoms with Crippen LogP contribution in [0.1, 0.15) is 79.6 Å². The Morgan fingerprint density at radius 1 is 0.851 bits per heavy atom. The van der Waals surface area contributed by atoms with E-state index in [-0.39, 0.29) is 24.2 Å². The number of nitrogens with one attached hydrogen (secondary N) is 3. The van der Waals surface area contributed by atoms with Gasteiger partial charge in [0.1, 0.15) is 30.3 Å². The van der Waals surface area contributed by atoms with Gasteiger partial charge in [-0.05, 0) is 121 Å². The molecule has 1 unspecified atom stereocenters. The van der Waals surface area contributed by atoms with Gasteiger partial charge in [-0.25, -0.2) is 19.0 Å². The van der Waals surface area contributed by atoms with E-state index in [4.69, 9.17) is 14.5 Å². The molecule has 2 aliphatic heterocycles. The quantitative estimate of drug-likeness (QED) is 0.0889. The number of benzene rings is 5. The predicted octanol–water partition coefficient (Wildman–Crippen LogP) is 8.42. The average molecular weight is 908 g/mol. The van der Waals surface area contributed by atoms with Crippen molar-refractivity contribution < 1.29 is 38.1 Å². The van der Waals surface area contributed by atoms with Gasteiger partial charge in [0.25, 0.3) is 0 Å². The van der Waals surface area contributed by atoms with Gasteiger partial charge in [0.15, 0.2) is 0 Å². The van der Waals surface area contributed by atoms with Crippen molar-refractivity contribution in [1.29, 1.82) is 0 Å². The molecule has 0 radical (unpaired) electrons. The summed E-state index contributed by atoms with van der Waals surface area (Å²) in [5.74, 6) is -0.523. The molecule has 14 nitrogen and oxygen atoms in total. The number of halogens is 1. The number of anilines is 2. The highest BCUT2D eigenvalue weighted by Gasteiger charge is 2.43. The number of ether oxygens (including phenoxy) is 2. The van der Waals surface area contributed by atoms with Crippen LogP contribution in [-0.4, -0.2) is 93.4 Å². The number of carbonyl (C=O) groups is 4. The van der Waals surface area contributed by atoms with Gasteiger partial charge in [-0.3, -0.25) is 14.5 Å². The Morgan fingerprint density at radius 3 is 2.18 bits per heavy atom. The third-order valence-electron chi connectivity index (χ3n) is 13.1. The second kappa shape index (κ2) is 18.9. The second-order valence-electron chi connectivity index (χ2n) is 18.1. The summed E-state index contributed by atoms with van der Waals surface area (Å²) in [6.07, 6.45) is 1.28. The summed E-state index contributed by atoms with van der Waals surface area (Å²) in [5.41, 5.74) is 7.80. The minimum atomic E-state index is -1.55. The van der Waals surface area contributed by atoms with Gasteiger partial charge in [0.05, 0.1) is 29.8 Å². The number of alkyl carbamates (subject to hydrolysis) is 1. The number of aromatic nitrogens is 2. The smallest absolute Gasteiger partial charge is 0.410 e. The largest absolute Gasteiger partial charge is 0.453 e. The number of aromatic amines is 1. The van der Waals surface area contributed by atoms with Crippen LogP contribution in [0.2, 0.25) is 0 Å². The molecule has 15 heteroatoms. The lowest BCUT2D eigenvalue weighted by molar-refractivity contribution is -0.140. The Bertz CT molecular complexity index is 2740. The lowest BCUT2D eigenvalue weighted by Gasteiger charge is -2.34. The molecular weight excluding hydrogens is 854 g/mol. The third kappa shape index (κ3) is 9.55. The summed E-state index contributed by atoms with van der Waals surface area (Å²) in [6.45, 7) is 4.90. The Morgan fingerprint density at radius 2 is 1.49 bits per heavy atom. The molecular formula is C52H54FN7O7. The van der Waals surface area contributed by atoms with E-state index in [0.717, 1.165) is 56.5 Å². The molecule has 6 aromatic rings. The van der Waals surface area contributed by atoms with Crippen molar-refractivity contribution in [3.8, 4) is 11.1 Å². The van der Waals surface area contributed by atoms with Crippen LogP contribution in [0.15, 0.2) is 115 Å². The molecule has 1 aromatic heterocycles. The van der Waals surface area contributed by atoms with Crippen LogP contribution < -0.4 is 15.5 Å². The van der Waals surface area contributed by atoms with Crippen molar-refractivity contribution in [3.05, 3.63) is 149 Å². The van der Waals surface area contributed by atoms with Crippen LogP contribution >= 0.6 is 0 Å². The van der Waals surface area contributed by atoms with Crippen LogP contribution in [0.25, 0.3) is 22.2 Å². The predicted molar refractivity (Wildman–Crippen MR) is 252 cm³/mol. The molecule has 3 atom stereocenters. The third-order valence-corrected chi connectivity index (χ3v) is 13.1. The zero-order chi connectivity index (χ0) is 46.8. The Hall–Kier alpha value is -7.26. The first-order valence-electron chi connectivity index (χ1n) is 22.7. The zero-order valence-corrected chi connectivity index (χ0v) is 37.7. The van der Waals surface area contributed by atoms with Crippen molar-refractivity contribution in [1.82, 2.24) is 25.1 Å². The Balaban J connectivity index is 0.850. The molecule has 9 rings (SSSR count). The highest BCUT2D eigenvalue weighted by Crippen LogP contribution is 2.44. The number of hydrogen-bond acceptors (Lipinski definition) is 9. The minimum Gasteiger partial charge on any atom is -0.453 e. The molecule has 3 aliphatic rings. The van der Waals surface area contributed by atoms with Crippen LogP contribution in [-0.2, 0) is 32.2 Å². The van der Waals surface area contributed by atoms with E-state index in [9.17, 15) is 28.7 Å². The van der Waals surface area contributed by atoms with Crippen LogP contribution in [0, 0.1) is 5.82 Å². The van der Waals surface area contributed by atoms with Gasteiger partial charge in [0, 0.05) is 43.5 Å². The van der Waals surface area contributed by atoms with Crippen LogP contribution in [0.3, 0.4) is 0 Å². The fraction of sp³-hybridized carbons (Fsp3) is 0.327. The summed E-state index contributed by atoms with van der Waals surface area (Å²) in [6, 6.07) is 33.9. The SMILES string of the molecule is COC(=O)N[C@H](C(=O)N1CCC[C@H]1c1nc2ccc(CN(Cc3ccc(NC(=O)C4CCCN4C(=O)OCC4c5ccccc5-c5ccccc54)cc3)c3ccc(F)cc3)cc2[nH]1)C(C)(C)O. The maximum absolute atomic E-state index is 14.1. The Labute approximate surface area is 388 Å². The van der Waals surface area contributed by atoms with Crippen molar-refractivity contribution in [2.75, 3.05) is 37.0 Å². The molecule has 0 saturated carbocycles. The summed E-state index contributed by atoms with van der Waals surface area (Å²) in [5, 5.41) is 16.3. The topological polar surface area (TPSA) is 169 Å². The first kappa shape index (κ1) is 44.9. The van der Waals surface area contributed by atoms with Gasteiger partial charge in [-0.2, -0.15) is 0 Å². The van der Waals surface area contributed by atoms with Crippen molar-refractivity contribution in [2.45, 2.75) is 82.3 Å². The molecule has 4 N–H and O–H groups in total. The van der Waals surface area contributed by atoms with E-state index >= 15 is 0 Å². The van der Waals surface area contributed by atoms with E-state index in [1.807, 2.05) is 66.7 Å². The maximum atomic E-state index is 14.1. The van der Waals surface area contributed by atoms with Crippen molar-refractivity contribution >= 4 is 46.4 Å². The second-order valence-corrected chi connectivity index (χ2v) is 18.1. The van der Waals surface area contributed by atoms with Gasteiger partial charge >= 0.3 is 12.2 Å². The molecule has 67 heavy (non-hydrogen) atoms. The highest BCUT2D eigenvalue weighted by molar-refractivity contribution is 5.97. The number of nitrogens with zero attached hydrogens (tertiary/aromatic N) is 4. The van der Waals surface area contributed by atoms with Crippen molar-refractivity contribution in [3.63, 3.8) is 0 Å². The molecule has 2 fully saturated rings. The van der Waals surface area contributed by atoms with Crippen LogP contribution in [0.5, 0.6) is 0 Å². The molecule has 5 aromatic carbocycles. The van der Waals surface area contributed by atoms with Crippen molar-refractivity contribution in [2.24, 2.45) is 0 Å². The molecule has 346 valence electrons. The maximum Gasteiger partial charge on any atom is 0.410 e. The van der Waals surface area contributed by atoms with E-state index in [0.29, 0.717) is 57.0 Å². The number of hydrogen-bond donors (Lipinski definition) is 4. The number of aliphatic hydroxyl groups is 1. The summed E-state index contributed by atoms with van der Waals surface area (Å²) in [7, 11) is 1.20. The monoisotopic (exact) mass is 907 g/mol. The number of amides is 4. The molecule has 0 spiro atoms. The van der Waals surface area contributed by atoms with Gasteiger partial charge in [-0.1, -0.05) is 66.7 Å². The zero-order valence-electron chi connectivity index (χ0n) is 37.7. The molecule has 4 amide bonds. The van der Waals surface area contributed by atoms with Gasteiger partial charge < -0.3 is 40.0 Å². The lowest BCUT2D eigenvalue weighted by Crippen LogP contribution is -2.58. The van der Waals surface area contributed by atoms with E-state index < -0.39 is 41.8 Å². The summed E-state index contributed by atoms with van der Waals surface area (Å²) >= 11 is 0. The number of H-pyrrole nitrogens is 1. The molecule has 0 bridgehead atoms. The fourth-order valence-corrected chi connectivity index (χ4v) is 9.72. The highest BCUT2D eigenvalue weighted by atomic mass is 19.1.